The van der Waals surface area contributed by atoms with Crippen molar-refractivity contribution in [2.24, 2.45) is 5.92 Å². The van der Waals surface area contributed by atoms with E-state index < -0.39 is 21.8 Å². The van der Waals surface area contributed by atoms with Crippen LogP contribution in [-0.2, 0) is 11.3 Å². The molecule has 0 unspecified atom stereocenters. The molecular weight excluding hydrogens is 514 g/mol. The number of nitro benzene ring substituents is 2. The van der Waals surface area contributed by atoms with Crippen molar-refractivity contribution in [2.75, 3.05) is 11.1 Å². The molecule has 2 aromatic carbocycles. The van der Waals surface area contributed by atoms with Crippen LogP contribution in [0.5, 0.6) is 0 Å². The molecule has 2 amide bonds. The van der Waals surface area contributed by atoms with Gasteiger partial charge in [0.05, 0.1) is 27.3 Å². The maximum atomic E-state index is 12.9. The molecule has 0 aliphatic carbocycles. The Hall–Kier alpha value is -4.33. The van der Waals surface area contributed by atoms with Crippen LogP contribution in [0.15, 0.2) is 47.6 Å². The van der Waals surface area contributed by atoms with Gasteiger partial charge in [-0.05, 0) is 31.4 Å². The molecule has 1 atom stereocenters. The van der Waals surface area contributed by atoms with Gasteiger partial charge in [0.2, 0.25) is 5.91 Å². The van der Waals surface area contributed by atoms with E-state index in [2.05, 4.69) is 20.8 Å². The minimum absolute atomic E-state index is 0.0212. The molecular formula is C24H27N7O6S. The van der Waals surface area contributed by atoms with Gasteiger partial charge in [0.1, 0.15) is 0 Å². The van der Waals surface area contributed by atoms with E-state index in [0.29, 0.717) is 28.8 Å². The molecule has 13 nitrogen and oxygen atoms in total. The van der Waals surface area contributed by atoms with Crippen molar-refractivity contribution in [3.8, 4) is 0 Å². The van der Waals surface area contributed by atoms with Gasteiger partial charge in [0.25, 0.3) is 17.3 Å². The number of hydrogen-bond acceptors (Lipinski definition) is 9. The maximum Gasteiger partial charge on any atom is 0.271 e. The first-order chi connectivity index (χ1) is 18.0. The van der Waals surface area contributed by atoms with Crippen molar-refractivity contribution in [1.82, 2.24) is 20.1 Å². The fourth-order valence-electron chi connectivity index (χ4n) is 3.62. The number of non-ortho nitro benzene ring substituents is 2. The third-order valence-corrected chi connectivity index (χ3v) is 6.62. The highest BCUT2D eigenvalue weighted by atomic mass is 32.2. The van der Waals surface area contributed by atoms with E-state index in [1.54, 1.807) is 17.6 Å². The van der Waals surface area contributed by atoms with Crippen molar-refractivity contribution in [3.05, 3.63) is 79.6 Å². The highest BCUT2D eigenvalue weighted by molar-refractivity contribution is 7.99. The minimum atomic E-state index is -0.565. The number of carbonyl (C=O) groups excluding carboxylic acids is 2. The lowest BCUT2D eigenvalue weighted by molar-refractivity contribution is -0.385. The van der Waals surface area contributed by atoms with Crippen LogP contribution >= 0.6 is 11.8 Å². The normalized spacial score (nSPS) is 11.7. The number of rotatable bonds is 11. The number of carbonyl (C=O) groups is 2. The molecule has 0 spiro atoms. The number of nitro groups is 2. The Kier molecular flexibility index (Phi) is 9.12. The van der Waals surface area contributed by atoms with Crippen molar-refractivity contribution in [3.63, 3.8) is 0 Å². The van der Waals surface area contributed by atoms with Gasteiger partial charge < -0.3 is 15.2 Å². The van der Waals surface area contributed by atoms with Gasteiger partial charge in [-0.15, -0.1) is 10.2 Å². The van der Waals surface area contributed by atoms with Gasteiger partial charge in [-0.2, -0.15) is 0 Å². The molecule has 200 valence electrons. The Morgan fingerprint density at radius 1 is 1.05 bits per heavy atom. The van der Waals surface area contributed by atoms with Gasteiger partial charge in [-0.25, -0.2) is 0 Å². The quantitative estimate of drug-likeness (QED) is 0.204. The number of nitrogens with one attached hydrogen (secondary N) is 2. The molecule has 0 aliphatic heterocycles. The van der Waals surface area contributed by atoms with E-state index in [1.807, 2.05) is 20.8 Å². The van der Waals surface area contributed by atoms with Gasteiger partial charge in [-0.3, -0.25) is 29.8 Å². The molecule has 3 aromatic rings. The minimum Gasteiger partial charge on any atom is -0.342 e. The molecule has 0 radical (unpaired) electrons. The topological polar surface area (TPSA) is 175 Å². The summed E-state index contributed by atoms with van der Waals surface area (Å²) in [5, 5.41) is 36.6. The molecule has 0 saturated heterocycles. The maximum absolute atomic E-state index is 12.9. The fraction of sp³-hybridized carbons (Fsp3) is 0.333. The van der Waals surface area contributed by atoms with Crippen molar-refractivity contribution >= 4 is 40.6 Å². The number of nitrogens with zero attached hydrogens (tertiary/aromatic N) is 5. The Labute approximate surface area is 222 Å². The summed E-state index contributed by atoms with van der Waals surface area (Å²) in [5.74, 6) is -0.486. The zero-order chi connectivity index (χ0) is 28.0. The molecule has 0 bridgehead atoms. The highest BCUT2D eigenvalue weighted by Crippen LogP contribution is 2.27. The van der Waals surface area contributed by atoms with Gasteiger partial charge in [0, 0.05) is 36.4 Å². The Bertz CT molecular complexity index is 1370. The van der Waals surface area contributed by atoms with Crippen LogP contribution in [0.3, 0.4) is 0 Å². The lowest BCUT2D eigenvalue weighted by Crippen LogP contribution is -2.33. The van der Waals surface area contributed by atoms with Crippen molar-refractivity contribution in [1.29, 1.82) is 0 Å². The Morgan fingerprint density at radius 3 is 2.37 bits per heavy atom. The van der Waals surface area contributed by atoms with Crippen LogP contribution in [0, 0.1) is 33.1 Å². The lowest BCUT2D eigenvalue weighted by Gasteiger charge is -2.22. The standard InChI is InChI=1S/C24H27N7O6S/c1-5-29-22(21(14(2)3)26-23(33)16-7-6-8-17(11-16)30(34)35)27-28-24(29)38-13-20(32)25-19-12-18(31(36)37)10-9-15(19)4/h6-12,14,21H,5,13H2,1-4H3,(H,25,32)(H,26,33)/t21-/m1/s1. The summed E-state index contributed by atoms with van der Waals surface area (Å²) in [4.78, 5) is 46.5. The van der Waals surface area contributed by atoms with Crippen LogP contribution in [0.1, 0.15) is 48.6 Å². The summed E-state index contributed by atoms with van der Waals surface area (Å²) >= 11 is 1.14. The largest absolute Gasteiger partial charge is 0.342 e. The molecule has 3 rings (SSSR count). The second-order valence-corrected chi connectivity index (χ2v) is 9.62. The predicted octanol–water partition coefficient (Wildman–Crippen LogP) is 4.28. The monoisotopic (exact) mass is 541 g/mol. The van der Waals surface area contributed by atoms with E-state index in [-0.39, 0.29) is 34.5 Å². The number of anilines is 1. The number of hydrogen-bond donors (Lipinski definition) is 2. The SMILES string of the molecule is CCn1c(SCC(=O)Nc2cc([N+](=O)[O-])ccc2C)nnc1[C@H](NC(=O)c1cccc([N+](=O)[O-])c1)C(C)C. The number of aryl methyl sites for hydroxylation is 1. The molecule has 2 N–H and O–H groups in total. The number of benzene rings is 2. The van der Waals surface area contributed by atoms with E-state index in [9.17, 15) is 29.8 Å². The van der Waals surface area contributed by atoms with Crippen LogP contribution in [0.4, 0.5) is 17.1 Å². The Morgan fingerprint density at radius 2 is 1.74 bits per heavy atom. The average molecular weight is 542 g/mol. The lowest BCUT2D eigenvalue weighted by atomic mass is 10.0. The van der Waals surface area contributed by atoms with E-state index in [4.69, 9.17) is 0 Å². The second-order valence-electron chi connectivity index (χ2n) is 8.68. The first kappa shape index (κ1) is 28.2. The van der Waals surface area contributed by atoms with E-state index in [1.165, 1.54) is 36.4 Å². The van der Waals surface area contributed by atoms with E-state index >= 15 is 0 Å². The molecule has 1 heterocycles. The van der Waals surface area contributed by atoms with Crippen LogP contribution in [-0.4, -0.2) is 42.2 Å². The first-order valence-electron chi connectivity index (χ1n) is 11.7. The highest BCUT2D eigenvalue weighted by Gasteiger charge is 2.27. The number of thioether (sulfide) groups is 1. The zero-order valence-corrected chi connectivity index (χ0v) is 22.0. The predicted molar refractivity (Wildman–Crippen MR) is 141 cm³/mol. The summed E-state index contributed by atoms with van der Waals surface area (Å²) in [5.41, 5.74) is 0.877. The fourth-order valence-corrected chi connectivity index (χ4v) is 4.43. The van der Waals surface area contributed by atoms with Crippen molar-refractivity contribution in [2.45, 2.75) is 45.4 Å². The molecule has 0 saturated carbocycles. The summed E-state index contributed by atoms with van der Waals surface area (Å²) in [6.07, 6.45) is 0. The average Bonchev–Trinajstić information content (AvgIpc) is 3.29. The number of amides is 2. The van der Waals surface area contributed by atoms with Gasteiger partial charge >= 0.3 is 0 Å². The third kappa shape index (κ3) is 6.70. The number of aromatic nitrogens is 3. The third-order valence-electron chi connectivity index (χ3n) is 5.65. The summed E-state index contributed by atoms with van der Waals surface area (Å²) < 4.78 is 1.79. The summed E-state index contributed by atoms with van der Waals surface area (Å²) in [6, 6.07) is 9.15. The molecule has 14 heteroatoms. The molecule has 0 fully saturated rings. The first-order valence-corrected chi connectivity index (χ1v) is 12.7. The molecule has 1 aromatic heterocycles. The Balaban J connectivity index is 1.74. The van der Waals surface area contributed by atoms with Gasteiger partial charge in [0.15, 0.2) is 11.0 Å². The second kappa shape index (κ2) is 12.3. The van der Waals surface area contributed by atoms with Crippen LogP contribution in [0.2, 0.25) is 0 Å². The van der Waals surface area contributed by atoms with Crippen LogP contribution in [0.25, 0.3) is 0 Å². The van der Waals surface area contributed by atoms with Crippen molar-refractivity contribution < 1.29 is 19.4 Å². The van der Waals surface area contributed by atoms with Gasteiger partial charge in [-0.1, -0.05) is 37.7 Å². The molecule has 0 aliphatic rings. The molecule has 38 heavy (non-hydrogen) atoms. The zero-order valence-electron chi connectivity index (χ0n) is 21.2. The summed E-state index contributed by atoms with van der Waals surface area (Å²) in [6.45, 7) is 7.87. The smallest absolute Gasteiger partial charge is 0.271 e. The van der Waals surface area contributed by atoms with E-state index in [0.717, 1.165) is 11.8 Å². The summed E-state index contributed by atoms with van der Waals surface area (Å²) in [7, 11) is 0. The van der Waals surface area contributed by atoms with Crippen LogP contribution < -0.4 is 10.6 Å².